The van der Waals surface area contributed by atoms with Crippen LogP contribution in [-0.2, 0) is 7.05 Å². The van der Waals surface area contributed by atoms with Crippen LogP contribution in [0, 0.1) is 6.92 Å². The highest BCUT2D eigenvalue weighted by molar-refractivity contribution is 7.99. The summed E-state index contributed by atoms with van der Waals surface area (Å²) < 4.78 is 7.72. The maximum atomic E-state index is 6.07. The number of halogens is 1. The Hall–Kier alpha value is -1.98. The summed E-state index contributed by atoms with van der Waals surface area (Å²) in [5.74, 6) is 2.35. The van der Waals surface area contributed by atoms with E-state index in [2.05, 4.69) is 29.3 Å². The number of para-hydroxylation sites is 1. The van der Waals surface area contributed by atoms with Crippen LogP contribution in [0.4, 0.5) is 0 Å². The Morgan fingerprint density at radius 2 is 1.83 bits per heavy atom. The van der Waals surface area contributed by atoms with Gasteiger partial charge in [0.05, 0.1) is 11.6 Å². The van der Waals surface area contributed by atoms with Crippen LogP contribution in [0.5, 0.6) is 5.75 Å². The van der Waals surface area contributed by atoms with Crippen molar-refractivity contribution in [2.24, 2.45) is 7.05 Å². The van der Waals surface area contributed by atoms with E-state index in [-0.39, 0.29) is 0 Å². The molecule has 0 aliphatic carbocycles. The highest BCUT2D eigenvalue weighted by Crippen LogP contribution is 2.26. The number of hydrogen-bond acceptors (Lipinski definition) is 4. The number of rotatable bonds is 6. The van der Waals surface area contributed by atoms with Crippen LogP contribution in [0.15, 0.2) is 53.7 Å². The number of ether oxygens (including phenoxy) is 1. The zero-order valence-corrected chi connectivity index (χ0v) is 15.1. The van der Waals surface area contributed by atoms with Crippen LogP contribution in [0.2, 0.25) is 5.02 Å². The average Bonchev–Trinajstić information content (AvgIpc) is 2.94. The average molecular weight is 360 g/mol. The first-order valence-corrected chi connectivity index (χ1v) is 8.98. The molecule has 24 heavy (non-hydrogen) atoms. The fraction of sp³-hybridized carbons (Fsp3) is 0.222. The minimum Gasteiger partial charge on any atom is -0.491 e. The molecule has 0 amide bonds. The van der Waals surface area contributed by atoms with Crippen LogP contribution in [-0.4, -0.2) is 27.1 Å². The summed E-state index contributed by atoms with van der Waals surface area (Å²) in [6.45, 7) is 2.63. The van der Waals surface area contributed by atoms with Gasteiger partial charge in [0, 0.05) is 18.4 Å². The molecule has 124 valence electrons. The lowest BCUT2D eigenvalue weighted by Crippen LogP contribution is -2.02. The molecule has 0 saturated carbocycles. The fourth-order valence-corrected chi connectivity index (χ4v) is 3.26. The van der Waals surface area contributed by atoms with E-state index < -0.39 is 0 Å². The first kappa shape index (κ1) is 16.9. The Bertz CT molecular complexity index is 835. The van der Waals surface area contributed by atoms with Crippen molar-refractivity contribution in [1.29, 1.82) is 0 Å². The van der Waals surface area contributed by atoms with Crippen LogP contribution in [0.1, 0.15) is 5.56 Å². The van der Waals surface area contributed by atoms with Gasteiger partial charge >= 0.3 is 0 Å². The summed E-state index contributed by atoms with van der Waals surface area (Å²) in [6, 6.07) is 15.7. The van der Waals surface area contributed by atoms with E-state index in [1.807, 2.05) is 48.0 Å². The zero-order chi connectivity index (χ0) is 16.9. The molecule has 3 rings (SSSR count). The molecule has 0 aliphatic rings. The molecular formula is C18H18ClN3OS. The molecule has 0 bridgehead atoms. The second-order valence-electron chi connectivity index (χ2n) is 5.31. The molecule has 0 aliphatic heterocycles. The van der Waals surface area contributed by atoms with Crippen LogP contribution in [0.3, 0.4) is 0 Å². The van der Waals surface area contributed by atoms with E-state index in [0.717, 1.165) is 22.3 Å². The lowest BCUT2D eigenvalue weighted by molar-refractivity contribution is 0.344. The van der Waals surface area contributed by atoms with Crippen molar-refractivity contribution in [3.8, 4) is 17.1 Å². The molecule has 0 N–H and O–H groups in total. The van der Waals surface area contributed by atoms with E-state index in [1.54, 1.807) is 11.8 Å². The van der Waals surface area contributed by atoms with E-state index in [4.69, 9.17) is 16.3 Å². The Labute approximate surface area is 150 Å². The standard InChI is InChI=1S/C18H18ClN3OS/c1-13-7-3-4-8-14(13)17-20-21-18(22(17)2)24-12-11-23-16-10-6-5-9-15(16)19/h3-10H,11-12H2,1-2H3. The Kier molecular flexibility index (Phi) is 5.43. The maximum absolute atomic E-state index is 6.07. The summed E-state index contributed by atoms with van der Waals surface area (Å²) in [6.07, 6.45) is 0. The Morgan fingerprint density at radius 1 is 1.08 bits per heavy atom. The molecule has 1 heterocycles. The number of thioether (sulfide) groups is 1. The van der Waals surface area contributed by atoms with Gasteiger partial charge in [-0.15, -0.1) is 10.2 Å². The smallest absolute Gasteiger partial charge is 0.191 e. The molecule has 1 aromatic heterocycles. The normalized spacial score (nSPS) is 10.8. The summed E-state index contributed by atoms with van der Waals surface area (Å²) >= 11 is 7.69. The Balaban J connectivity index is 1.61. The molecule has 0 radical (unpaired) electrons. The van der Waals surface area contributed by atoms with Crippen LogP contribution in [0.25, 0.3) is 11.4 Å². The van der Waals surface area contributed by atoms with E-state index in [0.29, 0.717) is 17.4 Å². The van der Waals surface area contributed by atoms with Gasteiger partial charge in [-0.05, 0) is 24.6 Å². The fourth-order valence-electron chi connectivity index (χ4n) is 2.35. The highest BCUT2D eigenvalue weighted by Gasteiger charge is 2.12. The maximum Gasteiger partial charge on any atom is 0.191 e. The van der Waals surface area contributed by atoms with Gasteiger partial charge in [-0.25, -0.2) is 0 Å². The molecule has 0 saturated heterocycles. The van der Waals surface area contributed by atoms with Gasteiger partial charge in [0.2, 0.25) is 0 Å². The summed E-state index contributed by atoms with van der Waals surface area (Å²) in [4.78, 5) is 0. The van der Waals surface area contributed by atoms with Gasteiger partial charge in [-0.3, -0.25) is 0 Å². The van der Waals surface area contributed by atoms with Gasteiger partial charge in [0.15, 0.2) is 11.0 Å². The first-order chi connectivity index (χ1) is 11.7. The predicted molar refractivity (Wildman–Crippen MR) is 98.8 cm³/mol. The molecule has 6 heteroatoms. The molecule has 4 nitrogen and oxygen atoms in total. The van der Waals surface area contributed by atoms with Crippen molar-refractivity contribution < 1.29 is 4.74 Å². The Morgan fingerprint density at radius 3 is 2.62 bits per heavy atom. The minimum absolute atomic E-state index is 0.557. The first-order valence-electron chi connectivity index (χ1n) is 7.62. The van der Waals surface area contributed by atoms with Gasteiger partial charge in [0.25, 0.3) is 0 Å². The van der Waals surface area contributed by atoms with Gasteiger partial charge < -0.3 is 9.30 Å². The van der Waals surface area contributed by atoms with Gasteiger partial charge in [-0.2, -0.15) is 0 Å². The number of nitrogens with zero attached hydrogens (tertiary/aromatic N) is 3. The highest BCUT2D eigenvalue weighted by atomic mass is 35.5. The van der Waals surface area contributed by atoms with Crippen molar-refractivity contribution in [2.75, 3.05) is 12.4 Å². The molecule has 0 spiro atoms. The van der Waals surface area contributed by atoms with Crippen LogP contribution >= 0.6 is 23.4 Å². The number of aromatic nitrogens is 3. The van der Waals surface area contributed by atoms with Crippen molar-refractivity contribution in [3.63, 3.8) is 0 Å². The second kappa shape index (κ2) is 7.73. The topological polar surface area (TPSA) is 39.9 Å². The summed E-state index contributed by atoms with van der Waals surface area (Å²) in [5, 5.41) is 10.1. The number of aryl methyl sites for hydroxylation is 1. The summed E-state index contributed by atoms with van der Waals surface area (Å²) in [7, 11) is 1.99. The third-order valence-electron chi connectivity index (χ3n) is 3.63. The summed E-state index contributed by atoms with van der Waals surface area (Å²) in [5.41, 5.74) is 2.29. The molecule has 0 fully saturated rings. The van der Waals surface area contributed by atoms with Gasteiger partial charge in [-0.1, -0.05) is 59.8 Å². The number of hydrogen-bond donors (Lipinski definition) is 0. The van der Waals surface area contributed by atoms with Gasteiger partial charge in [0.1, 0.15) is 5.75 Å². The van der Waals surface area contributed by atoms with E-state index >= 15 is 0 Å². The largest absolute Gasteiger partial charge is 0.491 e. The number of benzene rings is 2. The third kappa shape index (κ3) is 3.74. The molecule has 0 unspecified atom stereocenters. The SMILES string of the molecule is Cc1ccccc1-c1nnc(SCCOc2ccccc2Cl)n1C. The molecule has 3 aromatic rings. The van der Waals surface area contributed by atoms with Crippen LogP contribution < -0.4 is 4.74 Å². The molecule has 0 atom stereocenters. The van der Waals surface area contributed by atoms with Crippen molar-refractivity contribution >= 4 is 23.4 Å². The van der Waals surface area contributed by atoms with Crippen molar-refractivity contribution in [3.05, 3.63) is 59.1 Å². The monoisotopic (exact) mass is 359 g/mol. The third-order valence-corrected chi connectivity index (χ3v) is 4.93. The predicted octanol–water partition coefficient (Wildman–Crippen LogP) is 4.62. The lowest BCUT2D eigenvalue weighted by atomic mass is 10.1. The van der Waals surface area contributed by atoms with E-state index in [9.17, 15) is 0 Å². The lowest BCUT2D eigenvalue weighted by Gasteiger charge is -2.08. The molecule has 2 aromatic carbocycles. The minimum atomic E-state index is 0.557. The van der Waals surface area contributed by atoms with Crippen molar-refractivity contribution in [2.45, 2.75) is 12.1 Å². The van der Waals surface area contributed by atoms with E-state index in [1.165, 1.54) is 5.56 Å². The zero-order valence-electron chi connectivity index (χ0n) is 13.6. The molecular weight excluding hydrogens is 342 g/mol. The second-order valence-corrected chi connectivity index (χ2v) is 6.78. The van der Waals surface area contributed by atoms with Crippen molar-refractivity contribution in [1.82, 2.24) is 14.8 Å². The quantitative estimate of drug-likeness (QED) is 0.475.